The summed E-state index contributed by atoms with van der Waals surface area (Å²) in [5.74, 6) is 0.882. The minimum Gasteiger partial charge on any atom is -0.491 e. The van der Waals surface area contributed by atoms with Gasteiger partial charge in [0.2, 0.25) is 0 Å². The fourth-order valence-corrected chi connectivity index (χ4v) is 2.14. The molecule has 1 atom stereocenters. The second kappa shape index (κ2) is 4.75. The Balaban J connectivity index is 1.63. The largest absolute Gasteiger partial charge is 0.491 e. The maximum atomic E-state index is 5.76. The zero-order valence-corrected chi connectivity index (χ0v) is 9.69. The van der Waals surface area contributed by atoms with Crippen LogP contribution in [0.2, 0.25) is 0 Å². The molecule has 1 fully saturated rings. The molecule has 0 aliphatic carbocycles. The van der Waals surface area contributed by atoms with E-state index in [1.54, 1.807) is 6.20 Å². The van der Waals surface area contributed by atoms with Crippen LogP contribution < -0.4 is 4.74 Å². The van der Waals surface area contributed by atoms with Gasteiger partial charge < -0.3 is 9.47 Å². The topological polar surface area (TPSA) is 47.1 Å². The van der Waals surface area contributed by atoms with Crippen molar-refractivity contribution in [2.75, 3.05) is 13.2 Å². The molecule has 1 aliphatic heterocycles. The fraction of sp³-hybridized carbons (Fsp3) is 0.462. The van der Waals surface area contributed by atoms with Gasteiger partial charge in [0.1, 0.15) is 12.4 Å². The van der Waals surface area contributed by atoms with Gasteiger partial charge in [-0.15, -0.1) is 0 Å². The fourth-order valence-electron chi connectivity index (χ4n) is 2.14. The summed E-state index contributed by atoms with van der Waals surface area (Å²) in [5, 5.41) is 7.99. The van der Waals surface area contributed by atoms with Crippen molar-refractivity contribution in [2.45, 2.75) is 25.4 Å². The van der Waals surface area contributed by atoms with Gasteiger partial charge in [0.25, 0.3) is 0 Å². The normalized spacial score (nSPS) is 20.6. The molecule has 0 spiro atoms. The molecule has 4 nitrogen and oxygen atoms in total. The number of hydrogen-bond acceptors (Lipinski definition) is 3. The zero-order valence-electron chi connectivity index (χ0n) is 9.69. The molecule has 1 N–H and O–H groups in total. The number of nitrogens with one attached hydrogen (secondary N) is 1. The number of hydrogen-bond donors (Lipinski definition) is 1. The molecule has 1 saturated heterocycles. The second-order valence-corrected chi connectivity index (χ2v) is 4.42. The van der Waals surface area contributed by atoms with Crippen LogP contribution in [-0.4, -0.2) is 29.5 Å². The van der Waals surface area contributed by atoms with Crippen molar-refractivity contribution in [3.63, 3.8) is 0 Å². The summed E-state index contributed by atoms with van der Waals surface area (Å²) in [5.41, 5.74) is 1.03. The molecule has 4 heteroatoms. The summed E-state index contributed by atoms with van der Waals surface area (Å²) >= 11 is 0. The summed E-state index contributed by atoms with van der Waals surface area (Å²) in [6.45, 7) is 1.51. The summed E-state index contributed by atoms with van der Waals surface area (Å²) < 4.78 is 11.4. The van der Waals surface area contributed by atoms with Crippen molar-refractivity contribution in [3.05, 3.63) is 24.4 Å². The summed E-state index contributed by atoms with van der Waals surface area (Å²) in [6.07, 6.45) is 5.59. The van der Waals surface area contributed by atoms with Gasteiger partial charge in [0.05, 0.1) is 17.8 Å². The summed E-state index contributed by atoms with van der Waals surface area (Å²) in [7, 11) is 0. The Bertz CT molecular complexity index is 489. The molecule has 0 saturated carbocycles. The second-order valence-electron chi connectivity index (χ2n) is 4.42. The van der Waals surface area contributed by atoms with Crippen molar-refractivity contribution < 1.29 is 9.47 Å². The number of H-pyrrole nitrogens is 1. The summed E-state index contributed by atoms with van der Waals surface area (Å²) in [6, 6.07) is 5.95. The Morgan fingerprint density at radius 2 is 2.41 bits per heavy atom. The summed E-state index contributed by atoms with van der Waals surface area (Å²) in [4.78, 5) is 0. The smallest absolute Gasteiger partial charge is 0.120 e. The van der Waals surface area contributed by atoms with Gasteiger partial charge in [0, 0.05) is 12.0 Å². The van der Waals surface area contributed by atoms with Crippen LogP contribution in [0.3, 0.4) is 0 Å². The average molecular weight is 232 g/mol. The van der Waals surface area contributed by atoms with Crippen molar-refractivity contribution in [1.29, 1.82) is 0 Å². The number of nitrogens with zero attached hydrogens (tertiary/aromatic N) is 1. The van der Waals surface area contributed by atoms with Crippen molar-refractivity contribution >= 4 is 10.9 Å². The molecule has 0 amide bonds. The lowest BCUT2D eigenvalue weighted by Gasteiger charge is -2.22. The van der Waals surface area contributed by atoms with Crippen molar-refractivity contribution in [3.8, 4) is 5.75 Å². The van der Waals surface area contributed by atoms with E-state index in [1.807, 2.05) is 18.2 Å². The van der Waals surface area contributed by atoms with Crippen molar-refractivity contribution in [1.82, 2.24) is 10.2 Å². The molecular weight excluding hydrogens is 216 g/mol. The predicted octanol–water partition coefficient (Wildman–Crippen LogP) is 2.51. The monoisotopic (exact) mass is 232 g/mol. The molecule has 90 valence electrons. The SMILES string of the molecule is c1cc2[nH]ncc2cc1OC[C@H]1CCCCO1. The number of rotatable bonds is 3. The van der Waals surface area contributed by atoms with E-state index in [9.17, 15) is 0 Å². The van der Waals surface area contributed by atoms with Gasteiger partial charge in [-0.2, -0.15) is 5.10 Å². The highest BCUT2D eigenvalue weighted by Gasteiger charge is 2.14. The van der Waals surface area contributed by atoms with Gasteiger partial charge in [-0.05, 0) is 37.5 Å². The molecule has 1 aliphatic rings. The minimum atomic E-state index is 0.254. The van der Waals surface area contributed by atoms with E-state index in [-0.39, 0.29) is 6.10 Å². The van der Waals surface area contributed by atoms with Crippen LogP contribution in [0.25, 0.3) is 10.9 Å². The third kappa shape index (κ3) is 2.42. The highest BCUT2D eigenvalue weighted by atomic mass is 16.5. The first-order valence-corrected chi connectivity index (χ1v) is 6.09. The van der Waals surface area contributed by atoms with E-state index >= 15 is 0 Å². The number of ether oxygens (including phenoxy) is 2. The molecule has 17 heavy (non-hydrogen) atoms. The van der Waals surface area contributed by atoms with E-state index in [2.05, 4.69) is 10.2 Å². The van der Waals surface area contributed by atoms with E-state index in [4.69, 9.17) is 9.47 Å². The van der Waals surface area contributed by atoms with Crippen LogP contribution >= 0.6 is 0 Å². The quantitative estimate of drug-likeness (QED) is 0.884. The first kappa shape index (κ1) is 10.6. The molecular formula is C13H16N2O2. The van der Waals surface area contributed by atoms with Gasteiger partial charge in [-0.3, -0.25) is 5.10 Å². The molecule has 3 rings (SSSR count). The van der Waals surface area contributed by atoms with Crippen LogP contribution in [0.4, 0.5) is 0 Å². The number of aromatic amines is 1. The number of aromatic nitrogens is 2. The van der Waals surface area contributed by atoms with E-state index in [0.29, 0.717) is 6.61 Å². The van der Waals surface area contributed by atoms with Crippen LogP contribution in [0, 0.1) is 0 Å². The maximum absolute atomic E-state index is 5.76. The number of fused-ring (bicyclic) bond motifs is 1. The Hall–Kier alpha value is -1.55. The van der Waals surface area contributed by atoms with E-state index in [0.717, 1.165) is 29.7 Å². The average Bonchev–Trinajstić information content (AvgIpc) is 2.85. The van der Waals surface area contributed by atoms with Crippen LogP contribution in [0.5, 0.6) is 5.75 Å². The first-order valence-electron chi connectivity index (χ1n) is 6.09. The van der Waals surface area contributed by atoms with E-state index in [1.165, 1.54) is 12.8 Å². The lowest BCUT2D eigenvalue weighted by Crippen LogP contribution is -2.25. The lowest BCUT2D eigenvalue weighted by molar-refractivity contribution is -0.0110. The Morgan fingerprint density at radius 1 is 1.41 bits per heavy atom. The van der Waals surface area contributed by atoms with Crippen LogP contribution in [0.15, 0.2) is 24.4 Å². The van der Waals surface area contributed by atoms with Gasteiger partial charge in [0.15, 0.2) is 0 Å². The van der Waals surface area contributed by atoms with Gasteiger partial charge in [-0.25, -0.2) is 0 Å². The molecule has 1 aromatic carbocycles. The Kier molecular flexibility index (Phi) is 2.96. The Morgan fingerprint density at radius 3 is 3.29 bits per heavy atom. The number of benzene rings is 1. The zero-order chi connectivity index (χ0) is 11.5. The lowest BCUT2D eigenvalue weighted by atomic mass is 10.1. The van der Waals surface area contributed by atoms with Gasteiger partial charge in [-0.1, -0.05) is 0 Å². The highest BCUT2D eigenvalue weighted by Crippen LogP contribution is 2.20. The first-order chi connectivity index (χ1) is 8.42. The van der Waals surface area contributed by atoms with E-state index < -0.39 is 0 Å². The standard InChI is InChI=1S/C13H16N2O2/c1-2-6-16-12(3-1)9-17-11-4-5-13-10(7-11)8-14-15-13/h4-5,7-8,12H,1-3,6,9H2,(H,14,15)/t12-/m1/s1. The minimum absolute atomic E-state index is 0.254. The molecule has 2 aromatic rings. The molecule has 2 heterocycles. The van der Waals surface area contributed by atoms with Crippen LogP contribution in [0.1, 0.15) is 19.3 Å². The molecule has 0 bridgehead atoms. The van der Waals surface area contributed by atoms with Crippen LogP contribution in [-0.2, 0) is 4.74 Å². The molecule has 1 aromatic heterocycles. The van der Waals surface area contributed by atoms with Crippen molar-refractivity contribution in [2.24, 2.45) is 0 Å². The third-order valence-electron chi connectivity index (χ3n) is 3.12. The van der Waals surface area contributed by atoms with Gasteiger partial charge >= 0.3 is 0 Å². The molecule has 0 unspecified atom stereocenters. The highest BCUT2D eigenvalue weighted by molar-refractivity contribution is 5.79. The maximum Gasteiger partial charge on any atom is 0.120 e. The molecule has 0 radical (unpaired) electrons. The Labute approximate surface area is 99.9 Å². The third-order valence-corrected chi connectivity index (χ3v) is 3.12. The predicted molar refractivity (Wildman–Crippen MR) is 65.2 cm³/mol.